The maximum Gasteiger partial charge on any atom is 0.407 e. The quantitative estimate of drug-likeness (QED) is 0.862. The first-order valence-corrected chi connectivity index (χ1v) is 5.51. The van der Waals surface area contributed by atoms with E-state index in [4.69, 9.17) is 4.74 Å². The third-order valence-corrected chi connectivity index (χ3v) is 2.24. The Labute approximate surface area is 98.8 Å². The van der Waals surface area contributed by atoms with Gasteiger partial charge in [-0.25, -0.2) is 0 Å². The van der Waals surface area contributed by atoms with E-state index in [1.807, 2.05) is 0 Å². The Morgan fingerprint density at radius 3 is 2.53 bits per heavy atom. The summed E-state index contributed by atoms with van der Waals surface area (Å²) in [6, 6.07) is 4.43. The molecule has 0 aliphatic rings. The van der Waals surface area contributed by atoms with E-state index in [-0.39, 0.29) is 12.1 Å². The Balaban J connectivity index is 2.97. The second kappa shape index (κ2) is 5.91. The number of benzene rings is 1. The Morgan fingerprint density at radius 1 is 1.29 bits per heavy atom. The fraction of sp³-hybridized carbons (Fsp3) is 0.500. The third-order valence-electron chi connectivity index (χ3n) is 2.24. The molecule has 0 radical (unpaired) electrons. The molecule has 17 heavy (non-hydrogen) atoms. The number of hydrogen-bond donors (Lipinski definition) is 1. The fourth-order valence-electron chi connectivity index (χ4n) is 1.58. The van der Waals surface area contributed by atoms with Crippen molar-refractivity contribution in [2.45, 2.75) is 26.1 Å². The van der Waals surface area contributed by atoms with E-state index in [0.29, 0.717) is 12.4 Å². The minimum atomic E-state index is -4.30. The maximum atomic E-state index is 12.8. The second-order valence-corrected chi connectivity index (χ2v) is 3.54. The largest absolute Gasteiger partial charge is 0.494 e. The fourth-order valence-corrected chi connectivity index (χ4v) is 1.58. The van der Waals surface area contributed by atoms with Gasteiger partial charge in [0, 0.05) is 0 Å². The van der Waals surface area contributed by atoms with Crippen molar-refractivity contribution in [2.24, 2.45) is 0 Å². The lowest BCUT2D eigenvalue weighted by Crippen LogP contribution is -2.34. The molecule has 0 aromatic heterocycles. The van der Waals surface area contributed by atoms with Crippen LogP contribution in [0.5, 0.6) is 5.75 Å². The lowest BCUT2D eigenvalue weighted by Gasteiger charge is -2.21. The molecule has 2 nitrogen and oxygen atoms in total. The first-order valence-electron chi connectivity index (χ1n) is 5.51. The number of rotatable bonds is 5. The highest BCUT2D eigenvalue weighted by molar-refractivity contribution is 5.31. The summed E-state index contributed by atoms with van der Waals surface area (Å²) in [6.07, 6.45) is -4.30. The average molecular weight is 247 g/mol. The molecule has 0 fully saturated rings. The van der Waals surface area contributed by atoms with Crippen LogP contribution in [0.1, 0.15) is 25.5 Å². The summed E-state index contributed by atoms with van der Waals surface area (Å²) in [4.78, 5) is 0. The highest BCUT2D eigenvalue weighted by Crippen LogP contribution is 2.33. The van der Waals surface area contributed by atoms with Crippen molar-refractivity contribution >= 4 is 0 Å². The molecule has 96 valence electrons. The zero-order valence-corrected chi connectivity index (χ0v) is 9.84. The maximum absolute atomic E-state index is 12.8. The molecule has 1 N–H and O–H groups in total. The van der Waals surface area contributed by atoms with Gasteiger partial charge < -0.3 is 10.1 Å². The first-order chi connectivity index (χ1) is 7.99. The molecule has 1 aromatic carbocycles. The average Bonchev–Trinajstić information content (AvgIpc) is 2.25. The van der Waals surface area contributed by atoms with Crippen LogP contribution in [0.3, 0.4) is 0 Å². The SMILES string of the molecule is CCNC(c1cccc(OCC)c1)C(F)(F)F. The number of hydrogen-bond acceptors (Lipinski definition) is 2. The number of alkyl halides is 3. The monoisotopic (exact) mass is 247 g/mol. The standard InChI is InChI=1S/C12H16F3NO/c1-3-16-11(12(13,14)15)9-6-5-7-10(8-9)17-4-2/h5-8,11,16H,3-4H2,1-2H3. The van der Waals surface area contributed by atoms with E-state index < -0.39 is 12.2 Å². The van der Waals surface area contributed by atoms with Crippen molar-refractivity contribution in [1.29, 1.82) is 0 Å². The van der Waals surface area contributed by atoms with Crippen molar-refractivity contribution in [2.75, 3.05) is 13.2 Å². The molecular weight excluding hydrogens is 231 g/mol. The van der Waals surface area contributed by atoms with Gasteiger partial charge in [0.1, 0.15) is 11.8 Å². The molecule has 1 atom stereocenters. The van der Waals surface area contributed by atoms with Gasteiger partial charge in [-0.15, -0.1) is 0 Å². The Hall–Kier alpha value is -1.23. The molecule has 0 heterocycles. The van der Waals surface area contributed by atoms with Gasteiger partial charge in [0.05, 0.1) is 6.61 Å². The van der Waals surface area contributed by atoms with Crippen LogP contribution in [0.15, 0.2) is 24.3 Å². The molecular formula is C12H16F3NO. The summed E-state index contributed by atoms with van der Waals surface area (Å²) in [5.41, 5.74) is 0.172. The summed E-state index contributed by atoms with van der Waals surface area (Å²) in [5, 5.41) is 2.43. The Morgan fingerprint density at radius 2 is 2.00 bits per heavy atom. The predicted octanol–water partition coefficient (Wildman–Crippen LogP) is 3.30. The minimum absolute atomic E-state index is 0.172. The number of nitrogens with one attached hydrogen (secondary N) is 1. The van der Waals surface area contributed by atoms with E-state index in [9.17, 15) is 13.2 Å². The van der Waals surface area contributed by atoms with Gasteiger partial charge in [0.2, 0.25) is 0 Å². The molecule has 0 aliphatic carbocycles. The van der Waals surface area contributed by atoms with Crippen LogP contribution in [-0.2, 0) is 0 Å². The van der Waals surface area contributed by atoms with Crippen molar-refractivity contribution < 1.29 is 17.9 Å². The highest BCUT2D eigenvalue weighted by Gasteiger charge is 2.40. The number of ether oxygens (including phenoxy) is 1. The highest BCUT2D eigenvalue weighted by atomic mass is 19.4. The van der Waals surface area contributed by atoms with Crippen LogP contribution in [-0.4, -0.2) is 19.3 Å². The van der Waals surface area contributed by atoms with Crippen molar-refractivity contribution in [1.82, 2.24) is 5.32 Å². The lowest BCUT2D eigenvalue weighted by atomic mass is 10.1. The molecule has 1 rings (SSSR count). The first kappa shape index (κ1) is 13.8. The summed E-state index contributed by atoms with van der Waals surface area (Å²) in [7, 11) is 0. The van der Waals surface area contributed by atoms with Gasteiger partial charge in [0.25, 0.3) is 0 Å². The molecule has 5 heteroatoms. The van der Waals surface area contributed by atoms with E-state index in [0.717, 1.165) is 0 Å². The molecule has 0 saturated carbocycles. The smallest absolute Gasteiger partial charge is 0.407 e. The van der Waals surface area contributed by atoms with E-state index in [1.165, 1.54) is 12.1 Å². The summed E-state index contributed by atoms with van der Waals surface area (Å²) in [6.45, 7) is 4.12. The molecule has 0 saturated heterocycles. The molecule has 1 aromatic rings. The molecule has 0 aliphatic heterocycles. The van der Waals surface area contributed by atoms with E-state index in [2.05, 4.69) is 5.32 Å². The molecule has 0 bridgehead atoms. The van der Waals surface area contributed by atoms with Gasteiger partial charge in [-0.05, 0) is 31.2 Å². The molecule has 0 amide bonds. The lowest BCUT2D eigenvalue weighted by molar-refractivity contribution is -0.157. The van der Waals surface area contributed by atoms with Crippen LogP contribution in [0, 0.1) is 0 Å². The van der Waals surface area contributed by atoms with E-state index >= 15 is 0 Å². The summed E-state index contributed by atoms with van der Waals surface area (Å²) >= 11 is 0. The van der Waals surface area contributed by atoms with Crippen molar-refractivity contribution in [3.8, 4) is 5.75 Å². The third kappa shape index (κ3) is 3.93. The molecule has 0 spiro atoms. The minimum Gasteiger partial charge on any atom is -0.494 e. The number of halogens is 3. The summed E-state index contributed by atoms with van der Waals surface area (Å²) < 4.78 is 43.6. The summed E-state index contributed by atoms with van der Waals surface area (Å²) in [5.74, 6) is 0.456. The van der Waals surface area contributed by atoms with Crippen LogP contribution in [0.2, 0.25) is 0 Å². The van der Waals surface area contributed by atoms with Gasteiger partial charge in [-0.2, -0.15) is 13.2 Å². The van der Waals surface area contributed by atoms with Gasteiger partial charge in [0.15, 0.2) is 0 Å². The topological polar surface area (TPSA) is 21.3 Å². The zero-order chi connectivity index (χ0) is 12.9. The molecule has 1 unspecified atom stereocenters. The van der Waals surface area contributed by atoms with Gasteiger partial charge in [-0.1, -0.05) is 19.1 Å². The Bertz CT molecular complexity index is 352. The Kier molecular flexibility index (Phi) is 4.81. The van der Waals surface area contributed by atoms with E-state index in [1.54, 1.807) is 26.0 Å². The van der Waals surface area contributed by atoms with Crippen LogP contribution in [0.4, 0.5) is 13.2 Å². The second-order valence-electron chi connectivity index (χ2n) is 3.54. The van der Waals surface area contributed by atoms with Crippen LogP contribution >= 0.6 is 0 Å². The van der Waals surface area contributed by atoms with Crippen molar-refractivity contribution in [3.63, 3.8) is 0 Å². The van der Waals surface area contributed by atoms with Gasteiger partial charge >= 0.3 is 6.18 Å². The van der Waals surface area contributed by atoms with Crippen molar-refractivity contribution in [3.05, 3.63) is 29.8 Å². The normalized spacial score (nSPS) is 13.5. The van der Waals surface area contributed by atoms with Crippen LogP contribution in [0.25, 0.3) is 0 Å². The van der Waals surface area contributed by atoms with Crippen LogP contribution < -0.4 is 10.1 Å². The zero-order valence-electron chi connectivity index (χ0n) is 9.84. The predicted molar refractivity (Wildman–Crippen MR) is 60.1 cm³/mol. The van der Waals surface area contributed by atoms with Gasteiger partial charge in [-0.3, -0.25) is 0 Å².